The molecule has 0 radical (unpaired) electrons. The van der Waals surface area contributed by atoms with Crippen LogP contribution in [0, 0.1) is 34.5 Å². The number of rotatable bonds is 6. The lowest BCUT2D eigenvalue weighted by Crippen LogP contribution is -2.61. The van der Waals surface area contributed by atoms with E-state index in [1.165, 1.54) is 0 Å². The van der Waals surface area contributed by atoms with E-state index in [2.05, 4.69) is 0 Å². The Hall–Kier alpha value is -2.55. The minimum atomic E-state index is -1.56. The van der Waals surface area contributed by atoms with E-state index in [1.54, 1.807) is 0 Å². The predicted octanol–water partition coefficient (Wildman–Crippen LogP) is 2.55. The van der Waals surface area contributed by atoms with Gasteiger partial charge in [-0.25, -0.2) is 9.59 Å². The number of ketones is 2. The summed E-state index contributed by atoms with van der Waals surface area (Å²) < 4.78 is 10.6. The first-order valence-electron chi connectivity index (χ1n) is 12.6. The molecule has 192 valence electrons. The minimum Gasteiger partial charge on any atom is -0.475 e. The van der Waals surface area contributed by atoms with E-state index >= 15 is 0 Å². The maximum absolute atomic E-state index is 13.4. The summed E-state index contributed by atoms with van der Waals surface area (Å²) in [5.74, 6) is -3.54. The first-order chi connectivity index (χ1) is 16.5. The van der Waals surface area contributed by atoms with Gasteiger partial charge in [0.15, 0.2) is 0 Å². The molecular formula is C26H35NO8. The summed E-state index contributed by atoms with van der Waals surface area (Å²) in [5, 5.41) is 9.35. The molecule has 9 heteroatoms. The molecule has 0 aromatic heterocycles. The van der Waals surface area contributed by atoms with Gasteiger partial charge in [0, 0.05) is 36.1 Å². The molecule has 0 aromatic carbocycles. The van der Waals surface area contributed by atoms with Crippen molar-refractivity contribution in [1.29, 1.82) is 0 Å². The van der Waals surface area contributed by atoms with E-state index in [9.17, 15) is 29.1 Å². The standard InChI is InChI=1S/C26H35NO8/c1-25-10-8-16-14(15(25)6-7-20(25)29)12-18(28)17-4-3-5-21(26(16,17)2)35-23(31)13-19(24(32)33)34-22(30)9-11-27/h13-17,21H,3-12,27H2,1-2H3,(H,32,33)/b19-13-/t14-,15-,16+,17?,21?,25-,26+/m0/s1. The molecule has 3 N–H and O–H groups in total. The Morgan fingerprint density at radius 3 is 2.54 bits per heavy atom. The van der Waals surface area contributed by atoms with Crippen LogP contribution in [0.5, 0.6) is 0 Å². The number of ether oxygens (including phenoxy) is 2. The van der Waals surface area contributed by atoms with Crippen LogP contribution >= 0.6 is 0 Å². The third-order valence-electron chi connectivity index (χ3n) is 9.46. The Kier molecular flexibility index (Phi) is 6.92. The lowest BCUT2D eigenvalue weighted by atomic mass is 9.44. The van der Waals surface area contributed by atoms with Crippen molar-refractivity contribution >= 4 is 29.5 Å². The van der Waals surface area contributed by atoms with Gasteiger partial charge in [-0.15, -0.1) is 0 Å². The van der Waals surface area contributed by atoms with Gasteiger partial charge in [0.05, 0.1) is 12.5 Å². The highest BCUT2D eigenvalue weighted by Crippen LogP contribution is 2.65. The van der Waals surface area contributed by atoms with Crippen LogP contribution in [0.2, 0.25) is 0 Å². The second-order valence-corrected chi connectivity index (χ2v) is 11.1. The summed E-state index contributed by atoms with van der Waals surface area (Å²) >= 11 is 0. The fourth-order valence-corrected chi connectivity index (χ4v) is 7.74. The highest BCUT2D eigenvalue weighted by Gasteiger charge is 2.64. The summed E-state index contributed by atoms with van der Waals surface area (Å²) in [5.41, 5.74) is 4.32. The molecule has 4 fully saturated rings. The molecule has 0 saturated heterocycles. The van der Waals surface area contributed by atoms with Crippen molar-refractivity contribution in [2.75, 3.05) is 6.54 Å². The molecule has 0 aliphatic heterocycles. The number of fused-ring (bicyclic) bond motifs is 5. The van der Waals surface area contributed by atoms with E-state index in [-0.39, 0.29) is 47.8 Å². The van der Waals surface area contributed by atoms with Gasteiger partial charge in [0.25, 0.3) is 0 Å². The number of carboxylic acid groups (broad SMARTS) is 1. The fourth-order valence-electron chi connectivity index (χ4n) is 7.74. The fraction of sp³-hybridized carbons (Fsp3) is 0.731. The molecule has 7 atom stereocenters. The smallest absolute Gasteiger partial charge is 0.372 e. The van der Waals surface area contributed by atoms with Crippen molar-refractivity contribution < 1.29 is 38.6 Å². The van der Waals surface area contributed by atoms with Gasteiger partial charge in [0.1, 0.15) is 17.7 Å². The van der Waals surface area contributed by atoms with Crippen LogP contribution in [0.15, 0.2) is 11.8 Å². The summed E-state index contributed by atoms with van der Waals surface area (Å²) in [6.45, 7) is 4.07. The van der Waals surface area contributed by atoms with Crippen molar-refractivity contribution in [3.63, 3.8) is 0 Å². The first-order valence-corrected chi connectivity index (χ1v) is 12.6. The molecule has 0 spiro atoms. The molecule has 2 unspecified atom stereocenters. The van der Waals surface area contributed by atoms with Crippen LogP contribution in [0.3, 0.4) is 0 Å². The van der Waals surface area contributed by atoms with Crippen LogP contribution in [0.25, 0.3) is 0 Å². The average molecular weight is 490 g/mol. The highest BCUT2D eigenvalue weighted by atomic mass is 16.6. The topological polar surface area (TPSA) is 150 Å². The monoisotopic (exact) mass is 489 g/mol. The zero-order valence-corrected chi connectivity index (χ0v) is 20.4. The van der Waals surface area contributed by atoms with E-state index in [0.29, 0.717) is 31.1 Å². The Bertz CT molecular complexity index is 972. The van der Waals surface area contributed by atoms with Crippen molar-refractivity contribution in [3.8, 4) is 0 Å². The lowest BCUT2D eigenvalue weighted by molar-refractivity contribution is -0.189. The van der Waals surface area contributed by atoms with Crippen LogP contribution in [0.4, 0.5) is 0 Å². The van der Waals surface area contributed by atoms with Gasteiger partial charge in [-0.3, -0.25) is 14.4 Å². The quantitative estimate of drug-likeness (QED) is 0.326. The van der Waals surface area contributed by atoms with Crippen LogP contribution in [0.1, 0.15) is 71.6 Å². The Labute approximate surface area is 204 Å². The molecule has 0 amide bonds. The minimum absolute atomic E-state index is 0.0137. The Balaban J connectivity index is 1.59. The molecule has 4 aliphatic carbocycles. The van der Waals surface area contributed by atoms with Crippen molar-refractivity contribution in [3.05, 3.63) is 11.8 Å². The summed E-state index contributed by atoms with van der Waals surface area (Å²) in [4.78, 5) is 62.0. The number of aliphatic carboxylic acids is 1. The van der Waals surface area contributed by atoms with Crippen molar-refractivity contribution in [2.24, 2.45) is 40.2 Å². The number of hydrogen-bond donors (Lipinski definition) is 2. The van der Waals surface area contributed by atoms with E-state index in [0.717, 1.165) is 32.1 Å². The lowest BCUT2D eigenvalue weighted by Gasteiger charge is -2.60. The normalized spacial score (nSPS) is 38.7. The van der Waals surface area contributed by atoms with Crippen LogP contribution in [-0.4, -0.2) is 47.2 Å². The highest BCUT2D eigenvalue weighted by molar-refractivity contribution is 5.95. The number of Topliss-reactive ketones (excluding diaryl/α,β-unsaturated/α-hetero) is 2. The number of carbonyl (C=O) groups is 5. The van der Waals surface area contributed by atoms with Gasteiger partial charge >= 0.3 is 17.9 Å². The summed E-state index contributed by atoms with van der Waals surface area (Å²) in [6.07, 6.45) is 5.35. The number of carboxylic acids is 1. The van der Waals surface area contributed by atoms with Gasteiger partial charge in [-0.1, -0.05) is 13.8 Å². The third kappa shape index (κ3) is 4.32. The Morgan fingerprint density at radius 2 is 1.86 bits per heavy atom. The molecular weight excluding hydrogens is 454 g/mol. The van der Waals surface area contributed by atoms with Crippen molar-refractivity contribution in [2.45, 2.75) is 77.7 Å². The number of esters is 2. The second-order valence-electron chi connectivity index (χ2n) is 11.1. The molecule has 9 nitrogen and oxygen atoms in total. The first kappa shape index (κ1) is 25.5. The van der Waals surface area contributed by atoms with E-state index < -0.39 is 35.2 Å². The molecule has 4 saturated carbocycles. The van der Waals surface area contributed by atoms with Gasteiger partial charge < -0.3 is 20.3 Å². The molecule has 35 heavy (non-hydrogen) atoms. The largest absolute Gasteiger partial charge is 0.475 e. The average Bonchev–Trinajstić information content (AvgIpc) is 3.09. The zero-order chi connectivity index (χ0) is 25.5. The maximum atomic E-state index is 13.4. The van der Waals surface area contributed by atoms with E-state index in [4.69, 9.17) is 15.2 Å². The molecule has 0 bridgehead atoms. The Morgan fingerprint density at radius 1 is 1.11 bits per heavy atom. The van der Waals surface area contributed by atoms with Gasteiger partial charge in [-0.05, 0) is 56.3 Å². The second kappa shape index (κ2) is 9.48. The predicted molar refractivity (Wildman–Crippen MR) is 122 cm³/mol. The SMILES string of the molecule is C[C@]12C(OC(=O)/C=C(\OC(=O)CCN)C(=O)O)CCCC1C(=O)C[C@@H]1[C@H]2CC[C@]2(C)C(=O)CC[C@@H]12. The number of nitrogens with two attached hydrogens (primary N) is 1. The third-order valence-corrected chi connectivity index (χ3v) is 9.46. The number of hydrogen-bond acceptors (Lipinski definition) is 8. The van der Waals surface area contributed by atoms with Gasteiger partial charge in [0.2, 0.25) is 5.76 Å². The summed E-state index contributed by atoms with van der Waals surface area (Å²) in [7, 11) is 0. The summed E-state index contributed by atoms with van der Waals surface area (Å²) in [6, 6.07) is 0. The van der Waals surface area contributed by atoms with Crippen LogP contribution < -0.4 is 5.73 Å². The van der Waals surface area contributed by atoms with Crippen molar-refractivity contribution in [1.82, 2.24) is 0 Å². The maximum Gasteiger partial charge on any atom is 0.372 e. The molecule has 0 heterocycles. The van der Waals surface area contributed by atoms with Crippen LogP contribution in [-0.2, 0) is 33.4 Å². The molecule has 4 rings (SSSR count). The van der Waals surface area contributed by atoms with Gasteiger partial charge in [-0.2, -0.15) is 0 Å². The molecule has 0 aromatic rings. The zero-order valence-electron chi connectivity index (χ0n) is 20.4. The molecule has 4 aliphatic rings. The van der Waals surface area contributed by atoms with E-state index in [1.807, 2.05) is 13.8 Å². The number of carbonyl (C=O) groups excluding carboxylic acids is 4.